The first-order valence-electron chi connectivity index (χ1n) is 8.23. The van der Waals surface area contributed by atoms with Crippen molar-refractivity contribution in [1.29, 1.82) is 0 Å². The third-order valence-corrected chi connectivity index (χ3v) is 3.44. The Morgan fingerprint density at radius 3 is 2.38 bits per heavy atom. The van der Waals surface area contributed by atoms with E-state index in [1.54, 1.807) is 0 Å². The summed E-state index contributed by atoms with van der Waals surface area (Å²) in [4.78, 5) is 14.0. The third kappa shape index (κ3) is 7.74. The number of rotatable bonds is 11. The van der Waals surface area contributed by atoms with E-state index in [1.165, 1.54) is 25.7 Å². The van der Waals surface area contributed by atoms with Crippen LogP contribution in [0.1, 0.15) is 52.4 Å². The molecule has 0 heterocycles. The van der Waals surface area contributed by atoms with Crippen LogP contribution in [0.4, 0.5) is 5.69 Å². The number of carbonyl (C=O) groups is 1. The highest BCUT2D eigenvalue weighted by atomic mass is 16.5. The number of hydrogen-bond acceptors (Lipinski definition) is 3. The van der Waals surface area contributed by atoms with Gasteiger partial charge >= 0.3 is 5.97 Å². The number of ether oxygens (including phenoxy) is 1. The van der Waals surface area contributed by atoms with Crippen molar-refractivity contribution < 1.29 is 9.53 Å². The second-order valence-electron chi connectivity index (χ2n) is 5.39. The maximum atomic E-state index is 11.9. The molecule has 0 aliphatic carbocycles. The number of esters is 1. The van der Waals surface area contributed by atoms with E-state index >= 15 is 0 Å². The van der Waals surface area contributed by atoms with Gasteiger partial charge in [0, 0.05) is 12.2 Å². The summed E-state index contributed by atoms with van der Waals surface area (Å²) >= 11 is 0. The smallest absolute Gasteiger partial charge is 0.325 e. The van der Waals surface area contributed by atoms with E-state index in [9.17, 15) is 4.79 Å². The van der Waals surface area contributed by atoms with E-state index < -0.39 is 0 Å². The molecule has 118 valence electrons. The molecule has 0 N–H and O–H groups in total. The van der Waals surface area contributed by atoms with Crippen molar-refractivity contribution in [1.82, 2.24) is 0 Å². The summed E-state index contributed by atoms with van der Waals surface area (Å²) in [6.45, 7) is 6.00. The molecule has 0 radical (unpaired) electrons. The first kappa shape index (κ1) is 17.5. The molecule has 0 saturated carbocycles. The summed E-state index contributed by atoms with van der Waals surface area (Å²) < 4.78 is 5.21. The van der Waals surface area contributed by atoms with Gasteiger partial charge in [0.25, 0.3) is 0 Å². The lowest BCUT2D eigenvalue weighted by atomic mass is 10.1. The van der Waals surface area contributed by atoms with E-state index in [1.807, 2.05) is 25.1 Å². The number of hydrogen-bond donors (Lipinski definition) is 0. The number of para-hydroxylation sites is 1. The van der Waals surface area contributed by atoms with Crippen LogP contribution >= 0.6 is 0 Å². The first-order chi connectivity index (χ1) is 10.3. The molecule has 0 spiro atoms. The molecule has 0 fully saturated rings. The van der Waals surface area contributed by atoms with Crippen LogP contribution in [0.3, 0.4) is 0 Å². The Bertz CT molecular complexity index is 378. The zero-order chi connectivity index (χ0) is 15.3. The lowest BCUT2D eigenvalue weighted by molar-refractivity contribution is -0.141. The summed E-state index contributed by atoms with van der Waals surface area (Å²) in [5.74, 6) is -0.130. The fourth-order valence-corrected chi connectivity index (χ4v) is 2.26. The van der Waals surface area contributed by atoms with Crippen LogP contribution < -0.4 is 4.90 Å². The molecule has 0 bridgehead atoms. The van der Waals surface area contributed by atoms with Gasteiger partial charge in [0.2, 0.25) is 0 Å². The number of anilines is 1. The van der Waals surface area contributed by atoms with Gasteiger partial charge in [-0.2, -0.15) is 0 Å². The average Bonchev–Trinajstić information content (AvgIpc) is 2.52. The van der Waals surface area contributed by atoms with E-state index in [2.05, 4.69) is 24.0 Å². The van der Waals surface area contributed by atoms with Crippen molar-refractivity contribution in [2.24, 2.45) is 0 Å². The number of unbranched alkanes of at least 4 members (excludes halogenated alkanes) is 4. The van der Waals surface area contributed by atoms with Crippen molar-refractivity contribution in [3.8, 4) is 0 Å². The number of benzene rings is 1. The standard InChI is InChI=1S/C18H29NO2/c1-3-5-6-7-11-14-19(16-18(20)21-15-4-2)17-12-9-8-10-13-17/h8-10,12-13H,3-7,11,14-16H2,1-2H3. The molecule has 0 atom stereocenters. The summed E-state index contributed by atoms with van der Waals surface area (Å²) in [7, 11) is 0. The minimum absolute atomic E-state index is 0.130. The monoisotopic (exact) mass is 291 g/mol. The molecule has 0 amide bonds. The van der Waals surface area contributed by atoms with Crippen molar-refractivity contribution >= 4 is 11.7 Å². The van der Waals surface area contributed by atoms with Crippen LogP contribution in [0.5, 0.6) is 0 Å². The molecule has 0 aliphatic rings. The summed E-state index contributed by atoms with van der Waals surface area (Å²) in [6, 6.07) is 10.1. The molecule has 3 nitrogen and oxygen atoms in total. The van der Waals surface area contributed by atoms with Gasteiger partial charge in [-0.3, -0.25) is 4.79 Å². The lowest BCUT2D eigenvalue weighted by Gasteiger charge is -2.23. The molecule has 0 aliphatic heterocycles. The Kier molecular flexibility index (Phi) is 9.34. The van der Waals surface area contributed by atoms with E-state index in [0.717, 1.165) is 25.1 Å². The summed E-state index contributed by atoms with van der Waals surface area (Å²) in [5, 5.41) is 0. The van der Waals surface area contributed by atoms with Gasteiger partial charge in [0.1, 0.15) is 6.54 Å². The third-order valence-electron chi connectivity index (χ3n) is 3.44. The Hall–Kier alpha value is -1.51. The SMILES string of the molecule is CCCCCCCN(CC(=O)OCCC)c1ccccc1. The highest BCUT2D eigenvalue weighted by Gasteiger charge is 2.12. The largest absolute Gasteiger partial charge is 0.464 e. The number of carbonyl (C=O) groups excluding carboxylic acids is 1. The molecule has 21 heavy (non-hydrogen) atoms. The van der Waals surface area contributed by atoms with Crippen LogP contribution in [0.25, 0.3) is 0 Å². The quantitative estimate of drug-likeness (QED) is 0.446. The van der Waals surface area contributed by atoms with E-state index in [-0.39, 0.29) is 5.97 Å². The van der Waals surface area contributed by atoms with Gasteiger partial charge < -0.3 is 9.64 Å². The predicted octanol–water partition coefficient (Wildman–Crippen LogP) is 4.42. The molecule has 1 rings (SSSR count). The maximum absolute atomic E-state index is 11.9. The van der Waals surface area contributed by atoms with Crippen molar-refractivity contribution in [2.45, 2.75) is 52.4 Å². The molecular formula is C18H29NO2. The summed E-state index contributed by atoms with van der Waals surface area (Å²) in [5.41, 5.74) is 1.10. The Labute approximate surface area is 129 Å². The minimum Gasteiger partial charge on any atom is -0.464 e. The van der Waals surface area contributed by atoms with Gasteiger partial charge in [-0.05, 0) is 25.0 Å². The highest BCUT2D eigenvalue weighted by Crippen LogP contribution is 2.15. The van der Waals surface area contributed by atoms with Crippen molar-refractivity contribution in [3.63, 3.8) is 0 Å². The molecule has 1 aromatic rings. The second-order valence-corrected chi connectivity index (χ2v) is 5.39. The lowest BCUT2D eigenvalue weighted by Crippen LogP contribution is -2.32. The van der Waals surface area contributed by atoms with Crippen LogP contribution in [0, 0.1) is 0 Å². The Morgan fingerprint density at radius 2 is 1.71 bits per heavy atom. The van der Waals surface area contributed by atoms with Crippen LogP contribution in [0.2, 0.25) is 0 Å². The molecule has 1 aromatic carbocycles. The van der Waals surface area contributed by atoms with E-state index in [4.69, 9.17) is 4.74 Å². The Balaban J connectivity index is 2.48. The molecule has 0 saturated heterocycles. The number of nitrogens with zero attached hydrogens (tertiary/aromatic N) is 1. The summed E-state index contributed by atoms with van der Waals surface area (Å²) in [6.07, 6.45) is 7.04. The van der Waals surface area contributed by atoms with Crippen LogP contribution in [-0.2, 0) is 9.53 Å². The molecule has 0 unspecified atom stereocenters. The van der Waals surface area contributed by atoms with E-state index in [0.29, 0.717) is 13.2 Å². The maximum Gasteiger partial charge on any atom is 0.325 e. The molecular weight excluding hydrogens is 262 g/mol. The molecule has 0 aromatic heterocycles. The van der Waals surface area contributed by atoms with Gasteiger partial charge in [-0.1, -0.05) is 57.7 Å². The highest BCUT2D eigenvalue weighted by molar-refractivity contribution is 5.75. The van der Waals surface area contributed by atoms with Crippen molar-refractivity contribution in [3.05, 3.63) is 30.3 Å². The average molecular weight is 291 g/mol. The van der Waals surface area contributed by atoms with Gasteiger partial charge in [0.15, 0.2) is 0 Å². The predicted molar refractivity (Wildman–Crippen MR) is 88.7 cm³/mol. The van der Waals surface area contributed by atoms with Gasteiger partial charge in [-0.15, -0.1) is 0 Å². The normalized spacial score (nSPS) is 10.4. The zero-order valence-corrected chi connectivity index (χ0v) is 13.5. The first-order valence-corrected chi connectivity index (χ1v) is 8.23. The van der Waals surface area contributed by atoms with Crippen LogP contribution in [0.15, 0.2) is 30.3 Å². The molecule has 3 heteroatoms. The second kappa shape index (κ2) is 11.2. The topological polar surface area (TPSA) is 29.5 Å². The fraction of sp³-hybridized carbons (Fsp3) is 0.611. The minimum atomic E-state index is -0.130. The fourth-order valence-electron chi connectivity index (χ4n) is 2.26. The zero-order valence-electron chi connectivity index (χ0n) is 13.5. The van der Waals surface area contributed by atoms with Gasteiger partial charge in [0.05, 0.1) is 6.61 Å². The van der Waals surface area contributed by atoms with Crippen LogP contribution in [-0.4, -0.2) is 25.7 Å². The Morgan fingerprint density at radius 1 is 1.00 bits per heavy atom. The van der Waals surface area contributed by atoms with Gasteiger partial charge in [-0.25, -0.2) is 0 Å². The van der Waals surface area contributed by atoms with Crippen molar-refractivity contribution in [2.75, 3.05) is 24.6 Å².